The number of aromatic nitrogens is 1. The molecule has 1 heterocycles. The Morgan fingerprint density at radius 1 is 1.33 bits per heavy atom. The van der Waals surface area contributed by atoms with Crippen LogP contribution in [0.15, 0.2) is 52.4 Å². The molecule has 0 fully saturated rings. The molecule has 0 atom stereocenters. The molecule has 2 aromatic carbocycles. The summed E-state index contributed by atoms with van der Waals surface area (Å²) in [6, 6.07) is 13.7. The first-order valence-electron chi connectivity index (χ1n) is 7.39. The number of fused-ring (bicyclic) bond motifs is 1. The van der Waals surface area contributed by atoms with E-state index < -0.39 is 0 Å². The highest BCUT2D eigenvalue weighted by Gasteiger charge is 2.11. The number of benzene rings is 2. The molecule has 0 spiro atoms. The van der Waals surface area contributed by atoms with Crippen LogP contribution in [0.2, 0.25) is 0 Å². The zero-order chi connectivity index (χ0) is 17.1. The van der Waals surface area contributed by atoms with Crippen molar-refractivity contribution in [3.63, 3.8) is 0 Å². The average Bonchev–Trinajstić information content (AvgIpc) is 2.91. The van der Waals surface area contributed by atoms with Crippen LogP contribution >= 0.6 is 23.1 Å². The third-order valence-corrected chi connectivity index (χ3v) is 5.46. The Morgan fingerprint density at radius 2 is 2.12 bits per heavy atom. The number of thioether (sulfide) groups is 1. The molecule has 1 aromatic heterocycles. The zero-order valence-electron chi connectivity index (χ0n) is 13.4. The van der Waals surface area contributed by atoms with Crippen molar-refractivity contribution in [2.75, 3.05) is 6.26 Å². The predicted molar refractivity (Wildman–Crippen MR) is 102 cm³/mol. The highest BCUT2D eigenvalue weighted by Crippen LogP contribution is 2.21. The van der Waals surface area contributed by atoms with Crippen LogP contribution in [0.1, 0.15) is 15.9 Å². The van der Waals surface area contributed by atoms with Crippen molar-refractivity contribution in [3.05, 3.63) is 58.4 Å². The second-order valence-electron chi connectivity index (χ2n) is 5.26. The fraction of sp³-hybridized carbons (Fsp3) is 0.158. The Kier molecular flexibility index (Phi) is 4.89. The number of amides is 1. The van der Waals surface area contributed by atoms with Gasteiger partial charge in [-0.1, -0.05) is 35.5 Å². The molecule has 0 aliphatic heterocycles. The summed E-state index contributed by atoms with van der Waals surface area (Å²) < 4.78 is 2.99. The molecule has 5 heteroatoms. The van der Waals surface area contributed by atoms with Gasteiger partial charge in [-0.25, -0.2) is 0 Å². The van der Waals surface area contributed by atoms with Crippen molar-refractivity contribution in [3.8, 4) is 12.3 Å². The largest absolute Gasteiger partial charge is 0.305 e. The molecule has 1 amide bonds. The first-order chi connectivity index (χ1) is 11.6. The van der Waals surface area contributed by atoms with Gasteiger partial charge >= 0.3 is 0 Å². The zero-order valence-corrected chi connectivity index (χ0v) is 15.1. The smallest absolute Gasteiger partial charge is 0.280 e. The molecule has 0 radical (unpaired) electrons. The van der Waals surface area contributed by atoms with Crippen LogP contribution in [0, 0.1) is 19.3 Å². The Morgan fingerprint density at radius 3 is 2.88 bits per heavy atom. The van der Waals surface area contributed by atoms with Gasteiger partial charge < -0.3 is 4.57 Å². The summed E-state index contributed by atoms with van der Waals surface area (Å²) in [7, 11) is 0. The predicted octanol–water partition coefficient (Wildman–Crippen LogP) is 4.11. The van der Waals surface area contributed by atoms with Crippen molar-refractivity contribution in [2.24, 2.45) is 4.99 Å². The van der Waals surface area contributed by atoms with Crippen molar-refractivity contribution in [1.82, 2.24) is 4.57 Å². The van der Waals surface area contributed by atoms with Gasteiger partial charge in [0.2, 0.25) is 0 Å². The molecule has 3 rings (SSSR count). The van der Waals surface area contributed by atoms with E-state index in [-0.39, 0.29) is 5.91 Å². The number of aryl methyl sites for hydroxylation is 1. The lowest BCUT2D eigenvalue weighted by molar-refractivity contribution is 0.0995. The number of carbonyl (C=O) groups is 1. The Balaban J connectivity index is 2.17. The Bertz CT molecular complexity index is 1020. The van der Waals surface area contributed by atoms with Gasteiger partial charge in [-0.15, -0.1) is 18.2 Å². The van der Waals surface area contributed by atoms with Crippen molar-refractivity contribution < 1.29 is 4.79 Å². The SMILES string of the molecule is C#CCn1c(=NC(=O)c2ccccc2SC)sc2cc(C)ccc21. The lowest BCUT2D eigenvalue weighted by Gasteiger charge is -2.03. The lowest BCUT2D eigenvalue weighted by atomic mass is 10.2. The van der Waals surface area contributed by atoms with E-state index in [4.69, 9.17) is 6.42 Å². The van der Waals surface area contributed by atoms with Gasteiger partial charge in [-0.05, 0) is 43.0 Å². The highest BCUT2D eigenvalue weighted by molar-refractivity contribution is 7.98. The van der Waals surface area contributed by atoms with Crippen LogP contribution in [-0.2, 0) is 6.54 Å². The average molecular weight is 352 g/mol. The standard InChI is InChI=1S/C19H16N2OS2/c1-4-11-21-15-10-9-13(2)12-17(15)24-19(21)20-18(22)14-7-5-6-8-16(14)23-3/h1,5-10,12H,11H2,2-3H3. The minimum Gasteiger partial charge on any atom is -0.305 e. The molecule has 0 bridgehead atoms. The van der Waals surface area contributed by atoms with E-state index >= 15 is 0 Å². The molecule has 3 nitrogen and oxygen atoms in total. The molecule has 24 heavy (non-hydrogen) atoms. The van der Waals surface area contributed by atoms with E-state index in [1.165, 1.54) is 28.7 Å². The first-order valence-corrected chi connectivity index (χ1v) is 9.43. The second kappa shape index (κ2) is 7.08. The maximum absolute atomic E-state index is 12.7. The van der Waals surface area contributed by atoms with E-state index in [1.54, 1.807) is 6.07 Å². The van der Waals surface area contributed by atoms with Gasteiger partial charge in [-0.3, -0.25) is 4.79 Å². The number of thiazole rings is 1. The van der Waals surface area contributed by atoms with Crippen LogP contribution in [0.5, 0.6) is 0 Å². The van der Waals surface area contributed by atoms with Crippen molar-refractivity contribution in [1.29, 1.82) is 0 Å². The Hall–Kier alpha value is -2.29. The number of terminal acetylenes is 1. The van der Waals surface area contributed by atoms with E-state index in [0.29, 0.717) is 16.9 Å². The summed E-state index contributed by atoms with van der Waals surface area (Å²) in [5, 5.41) is 0. The quantitative estimate of drug-likeness (QED) is 0.525. The number of carbonyl (C=O) groups excluding carboxylic acids is 1. The third kappa shape index (κ3) is 3.16. The topological polar surface area (TPSA) is 34.4 Å². The Labute approximate surface area is 149 Å². The maximum atomic E-state index is 12.7. The summed E-state index contributed by atoms with van der Waals surface area (Å²) in [5.41, 5.74) is 2.79. The fourth-order valence-electron chi connectivity index (χ4n) is 2.48. The van der Waals surface area contributed by atoms with Gasteiger partial charge in [0.25, 0.3) is 5.91 Å². The monoisotopic (exact) mass is 352 g/mol. The number of rotatable bonds is 3. The van der Waals surface area contributed by atoms with Gasteiger partial charge in [0.05, 0.1) is 22.3 Å². The molecule has 0 aliphatic rings. The second-order valence-corrected chi connectivity index (χ2v) is 7.12. The molecular formula is C19H16N2OS2. The summed E-state index contributed by atoms with van der Waals surface area (Å²) >= 11 is 3.03. The van der Waals surface area contributed by atoms with Crippen LogP contribution in [0.4, 0.5) is 0 Å². The van der Waals surface area contributed by atoms with Crippen LogP contribution in [0.25, 0.3) is 10.2 Å². The molecule has 0 N–H and O–H groups in total. The van der Waals surface area contributed by atoms with Crippen LogP contribution < -0.4 is 4.80 Å². The fourth-order valence-corrected chi connectivity index (χ4v) is 4.19. The maximum Gasteiger partial charge on any atom is 0.280 e. The minimum absolute atomic E-state index is 0.242. The van der Waals surface area contributed by atoms with Crippen molar-refractivity contribution in [2.45, 2.75) is 18.4 Å². The molecule has 0 unspecified atom stereocenters. The van der Waals surface area contributed by atoms with Gasteiger partial charge in [0.1, 0.15) is 0 Å². The third-order valence-electron chi connectivity index (χ3n) is 3.62. The molecular weight excluding hydrogens is 336 g/mol. The molecule has 0 saturated heterocycles. The van der Waals surface area contributed by atoms with E-state index in [2.05, 4.69) is 17.0 Å². The number of hydrogen-bond donors (Lipinski definition) is 0. The minimum atomic E-state index is -0.242. The molecule has 120 valence electrons. The van der Waals surface area contributed by atoms with E-state index in [0.717, 1.165) is 15.1 Å². The van der Waals surface area contributed by atoms with Crippen molar-refractivity contribution >= 4 is 39.2 Å². The normalized spacial score (nSPS) is 11.6. The molecule has 0 saturated carbocycles. The van der Waals surface area contributed by atoms with Gasteiger partial charge in [-0.2, -0.15) is 4.99 Å². The van der Waals surface area contributed by atoms with Gasteiger partial charge in [0, 0.05) is 4.90 Å². The highest BCUT2D eigenvalue weighted by atomic mass is 32.2. The summed E-state index contributed by atoms with van der Waals surface area (Å²) in [5.74, 6) is 2.41. The number of hydrogen-bond acceptors (Lipinski definition) is 3. The first kappa shape index (κ1) is 16.6. The van der Waals surface area contributed by atoms with Gasteiger partial charge in [0.15, 0.2) is 4.80 Å². The summed E-state index contributed by atoms with van der Waals surface area (Å²) in [4.78, 5) is 18.6. The van der Waals surface area contributed by atoms with E-state index in [9.17, 15) is 4.79 Å². The van der Waals surface area contributed by atoms with Crippen LogP contribution in [-0.4, -0.2) is 16.7 Å². The molecule has 3 aromatic rings. The summed E-state index contributed by atoms with van der Waals surface area (Å²) in [6.07, 6.45) is 7.45. The number of nitrogens with zero attached hydrogens (tertiary/aromatic N) is 2. The summed E-state index contributed by atoms with van der Waals surface area (Å²) in [6.45, 7) is 2.43. The molecule has 0 aliphatic carbocycles. The lowest BCUT2D eigenvalue weighted by Crippen LogP contribution is -2.16. The van der Waals surface area contributed by atoms with Crippen LogP contribution in [0.3, 0.4) is 0 Å². The van der Waals surface area contributed by atoms with E-state index in [1.807, 2.05) is 48.1 Å².